The molecule has 0 saturated heterocycles. The molecule has 2 aromatic carbocycles. The van der Waals surface area contributed by atoms with Crippen LogP contribution >= 0.6 is 11.5 Å². The quantitative estimate of drug-likeness (QED) is 0.369. The van der Waals surface area contributed by atoms with Crippen molar-refractivity contribution in [3.8, 4) is 5.75 Å². The SMILES string of the molecule is Cc1ccc(N(C(=O)c2snc(C(N)=O)c2N)C(C(=O)NC2CCCCC2)c2ccc(O)cc2)c(C)c1. The first-order valence-electron chi connectivity index (χ1n) is 12.2. The number of anilines is 2. The Morgan fingerprint density at radius 1 is 1.08 bits per heavy atom. The number of phenolic OH excluding ortho intramolecular Hbond substituents is 1. The third-order valence-corrected chi connectivity index (χ3v) is 7.50. The van der Waals surface area contributed by atoms with Crippen LogP contribution in [-0.2, 0) is 4.79 Å². The maximum absolute atomic E-state index is 14.2. The summed E-state index contributed by atoms with van der Waals surface area (Å²) >= 11 is 0.768. The van der Waals surface area contributed by atoms with E-state index >= 15 is 0 Å². The molecule has 3 amide bonds. The molecule has 1 unspecified atom stereocenters. The van der Waals surface area contributed by atoms with Crippen LogP contribution in [0.1, 0.15) is 75.0 Å². The van der Waals surface area contributed by atoms with Gasteiger partial charge < -0.3 is 21.9 Å². The highest BCUT2D eigenvalue weighted by atomic mass is 32.1. The predicted molar refractivity (Wildman–Crippen MR) is 144 cm³/mol. The van der Waals surface area contributed by atoms with Crippen molar-refractivity contribution in [2.45, 2.75) is 58.0 Å². The first-order valence-corrected chi connectivity index (χ1v) is 13.0. The molecule has 9 nitrogen and oxygen atoms in total. The maximum Gasteiger partial charge on any atom is 0.273 e. The zero-order valence-corrected chi connectivity index (χ0v) is 21.7. The zero-order valence-electron chi connectivity index (χ0n) is 20.9. The highest BCUT2D eigenvalue weighted by molar-refractivity contribution is 7.09. The first kappa shape index (κ1) is 26.2. The van der Waals surface area contributed by atoms with Crippen LogP contribution in [0.5, 0.6) is 5.75 Å². The third-order valence-electron chi connectivity index (χ3n) is 6.65. The second kappa shape index (κ2) is 11.0. The molecule has 1 fully saturated rings. The molecule has 6 N–H and O–H groups in total. The van der Waals surface area contributed by atoms with Gasteiger partial charge in [0.25, 0.3) is 11.8 Å². The van der Waals surface area contributed by atoms with Crippen molar-refractivity contribution >= 4 is 40.6 Å². The minimum absolute atomic E-state index is 0.00636. The highest BCUT2D eigenvalue weighted by Crippen LogP contribution is 2.36. The molecule has 1 aliphatic carbocycles. The highest BCUT2D eigenvalue weighted by Gasteiger charge is 2.37. The number of rotatable bonds is 7. The fraction of sp³-hybridized carbons (Fsp3) is 0.333. The second-order valence-corrected chi connectivity index (χ2v) is 10.2. The van der Waals surface area contributed by atoms with Crippen molar-refractivity contribution in [2.75, 3.05) is 10.6 Å². The summed E-state index contributed by atoms with van der Waals surface area (Å²) in [5.41, 5.74) is 14.0. The molecular weight excluding hydrogens is 490 g/mol. The number of carbonyl (C=O) groups is 3. The maximum atomic E-state index is 14.2. The molecule has 37 heavy (non-hydrogen) atoms. The molecule has 4 rings (SSSR count). The Bertz CT molecular complexity index is 1310. The van der Waals surface area contributed by atoms with Crippen LogP contribution in [0.4, 0.5) is 11.4 Å². The van der Waals surface area contributed by atoms with Crippen molar-refractivity contribution < 1.29 is 19.5 Å². The molecule has 1 atom stereocenters. The van der Waals surface area contributed by atoms with Crippen molar-refractivity contribution in [1.29, 1.82) is 0 Å². The van der Waals surface area contributed by atoms with E-state index in [1.54, 1.807) is 18.2 Å². The average molecular weight is 522 g/mol. The van der Waals surface area contributed by atoms with E-state index in [0.717, 1.165) is 54.8 Å². The monoisotopic (exact) mass is 521 g/mol. The number of nitrogens with one attached hydrogen (secondary N) is 1. The van der Waals surface area contributed by atoms with Gasteiger partial charge in [0.15, 0.2) is 5.69 Å². The Morgan fingerprint density at radius 3 is 2.35 bits per heavy atom. The Balaban J connectivity index is 1.87. The summed E-state index contributed by atoms with van der Waals surface area (Å²) in [6.07, 6.45) is 4.93. The van der Waals surface area contributed by atoms with Crippen LogP contribution < -0.4 is 21.7 Å². The lowest BCUT2D eigenvalue weighted by Gasteiger charge is -2.34. The molecule has 1 saturated carbocycles. The standard InChI is InChI=1S/C27H31N5O4S/c1-15-8-13-20(16(2)14-15)32(27(36)24-21(28)22(25(29)34)31-37-24)23(17-9-11-19(33)12-10-17)26(35)30-18-6-4-3-5-7-18/h8-14,18,23,33H,3-7,28H2,1-2H3,(H2,29,34)(H,30,35). The molecule has 0 aliphatic heterocycles. The summed E-state index contributed by atoms with van der Waals surface area (Å²) in [4.78, 5) is 41.3. The summed E-state index contributed by atoms with van der Waals surface area (Å²) in [5, 5.41) is 13.0. The largest absolute Gasteiger partial charge is 0.508 e. The van der Waals surface area contributed by atoms with Crippen LogP contribution in [0.3, 0.4) is 0 Å². The number of nitrogen functional groups attached to an aromatic ring is 1. The van der Waals surface area contributed by atoms with Gasteiger partial charge in [-0.2, -0.15) is 4.37 Å². The third kappa shape index (κ3) is 5.59. The van der Waals surface area contributed by atoms with Gasteiger partial charge in [-0.1, -0.05) is 49.1 Å². The van der Waals surface area contributed by atoms with Crippen LogP contribution in [0.25, 0.3) is 0 Å². The van der Waals surface area contributed by atoms with E-state index < -0.39 is 17.9 Å². The molecule has 3 aromatic rings. The van der Waals surface area contributed by atoms with Gasteiger partial charge in [0.1, 0.15) is 16.7 Å². The van der Waals surface area contributed by atoms with Crippen molar-refractivity contribution in [3.63, 3.8) is 0 Å². The molecule has 10 heteroatoms. The Morgan fingerprint density at radius 2 is 1.76 bits per heavy atom. The van der Waals surface area contributed by atoms with Crippen LogP contribution in [0.2, 0.25) is 0 Å². The number of carbonyl (C=O) groups excluding carboxylic acids is 3. The van der Waals surface area contributed by atoms with Gasteiger partial charge in [0, 0.05) is 11.7 Å². The Hall–Kier alpha value is -3.92. The van der Waals surface area contributed by atoms with Crippen LogP contribution in [-0.4, -0.2) is 33.2 Å². The number of nitrogens with two attached hydrogens (primary N) is 2. The summed E-state index contributed by atoms with van der Waals surface area (Å²) in [6, 6.07) is 10.7. The molecule has 0 radical (unpaired) electrons. The number of benzene rings is 2. The van der Waals surface area contributed by atoms with Gasteiger partial charge in [0.2, 0.25) is 5.91 Å². The number of primary amides is 1. The number of aryl methyl sites for hydroxylation is 2. The fourth-order valence-corrected chi connectivity index (χ4v) is 5.52. The van der Waals surface area contributed by atoms with Gasteiger partial charge in [0.05, 0.1) is 5.69 Å². The van der Waals surface area contributed by atoms with Gasteiger partial charge in [-0.05, 0) is 67.5 Å². The van der Waals surface area contributed by atoms with Crippen LogP contribution in [0.15, 0.2) is 42.5 Å². The predicted octanol–water partition coefficient (Wildman–Crippen LogP) is 3.98. The van der Waals surface area contributed by atoms with Gasteiger partial charge in [-0.15, -0.1) is 0 Å². The molecule has 1 aromatic heterocycles. The van der Waals surface area contributed by atoms with E-state index in [0.29, 0.717) is 11.3 Å². The number of amides is 3. The van der Waals surface area contributed by atoms with E-state index in [1.807, 2.05) is 26.0 Å². The Kier molecular flexibility index (Phi) is 7.77. The van der Waals surface area contributed by atoms with E-state index in [9.17, 15) is 19.5 Å². The van der Waals surface area contributed by atoms with E-state index in [1.165, 1.54) is 17.0 Å². The van der Waals surface area contributed by atoms with Crippen molar-refractivity contribution in [2.24, 2.45) is 5.73 Å². The van der Waals surface area contributed by atoms with Gasteiger partial charge in [-0.25, -0.2) is 0 Å². The summed E-state index contributed by atoms with van der Waals surface area (Å²) < 4.78 is 3.99. The number of aromatic hydroxyl groups is 1. The molecular formula is C27H31N5O4S. The van der Waals surface area contributed by atoms with Crippen molar-refractivity contribution in [1.82, 2.24) is 9.69 Å². The molecule has 1 aliphatic rings. The van der Waals surface area contributed by atoms with E-state index in [4.69, 9.17) is 11.5 Å². The number of phenols is 1. The molecule has 0 spiro atoms. The fourth-order valence-electron chi connectivity index (χ4n) is 4.78. The van der Waals surface area contributed by atoms with Gasteiger partial charge >= 0.3 is 0 Å². The summed E-state index contributed by atoms with van der Waals surface area (Å²) in [6.45, 7) is 3.80. The van der Waals surface area contributed by atoms with Crippen molar-refractivity contribution in [3.05, 3.63) is 69.7 Å². The topological polar surface area (TPSA) is 152 Å². The molecule has 194 valence electrons. The lowest BCUT2D eigenvalue weighted by molar-refractivity contribution is -0.123. The first-order chi connectivity index (χ1) is 17.7. The molecule has 0 bridgehead atoms. The van der Waals surface area contributed by atoms with E-state index in [-0.39, 0.29) is 34.0 Å². The number of hydrogen-bond donors (Lipinski definition) is 4. The number of aromatic nitrogens is 1. The summed E-state index contributed by atoms with van der Waals surface area (Å²) in [5.74, 6) is -1.72. The minimum Gasteiger partial charge on any atom is -0.508 e. The smallest absolute Gasteiger partial charge is 0.273 e. The van der Waals surface area contributed by atoms with Crippen LogP contribution in [0, 0.1) is 13.8 Å². The normalized spacial score (nSPS) is 14.6. The second-order valence-electron chi connectivity index (χ2n) is 9.44. The van der Waals surface area contributed by atoms with Gasteiger partial charge in [-0.3, -0.25) is 19.3 Å². The average Bonchev–Trinajstić information content (AvgIpc) is 3.25. The molecule has 1 heterocycles. The lowest BCUT2D eigenvalue weighted by atomic mass is 9.94. The number of nitrogens with zero attached hydrogens (tertiary/aromatic N) is 2. The lowest BCUT2D eigenvalue weighted by Crippen LogP contribution is -2.47. The van der Waals surface area contributed by atoms with E-state index in [2.05, 4.69) is 9.69 Å². The summed E-state index contributed by atoms with van der Waals surface area (Å²) in [7, 11) is 0. The minimum atomic E-state index is -1.07. The Labute approximate surface area is 219 Å². The number of hydrogen-bond acceptors (Lipinski definition) is 7. The zero-order chi connectivity index (χ0) is 26.7.